The number of carbonyl (C=O) groups is 1. The van der Waals surface area contributed by atoms with Crippen molar-refractivity contribution in [3.8, 4) is 5.75 Å². The summed E-state index contributed by atoms with van der Waals surface area (Å²) in [6.07, 6.45) is 0.767. The highest BCUT2D eigenvalue weighted by molar-refractivity contribution is 7.99. The Hall–Kier alpha value is -2.97. The second kappa shape index (κ2) is 11.9. The molecule has 3 rings (SSSR count). The number of aryl methyl sites for hydroxylation is 2. The van der Waals surface area contributed by atoms with Crippen molar-refractivity contribution >= 4 is 33.4 Å². The van der Waals surface area contributed by atoms with Gasteiger partial charge in [0, 0.05) is 11.4 Å². The van der Waals surface area contributed by atoms with Crippen LogP contribution in [0.3, 0.4) is 0 Å². The minimum Gasteiger partial charge on any atom is -0.495 e. The van der Waals surface area contributed by atoms with Gasteiger partial charge in [0.15, 0.2) is 0 Å². The lowest BCUT2D eigenvalue weighted by Crippen LogP contribution is -2.41. The fourth-order valence-corrected chi connectivity index (χ4v) is 5.62. The van der Waals surface area contributed by atoms with Gasteiger partial charge in [0.05, 0.1) is 17.7 Å². The van der Waals surface area contributed by atoms with Crippen LogP contribution >= 0.6 is 11.8 Å². The fraction of sp³-hybridized carbons (Fsp3) is 0.269. The van der Waals surface area contributed by atoms with Crippen molar-refractivity contribution in [3.63, 3.8) is 0 Å². The maximum Gasteiger partial charge on any atom is 0.264 e. The van der Waals surface area contributed by atoms with Gasteiger partial charge in [0.2, 0.25) is 5.91 Å². The lowest BCUT2D eigenvalue weighted by atomic mass is 10.2. The maximum absolute atomic E-state index is 13.5. The van der Waals surface area contributed by atoms with E-state index < -0.39 is 10.0 Å². The molecule has 0 spiro atoms. The fourth-order valence-electron chi connectivity index (χ4n) is 3.33. The van der Waals surface area contributed by atoms with E-state index in [4.69, 9.17) is 4.74 Å². The Morgan fingerprint density at radius 2 is 1.65 bits per heavy atom. The molecule has 3 aromatic carbocycles. The van der Waals surface area contributed by atoms with E-state index in [2.05, 4.69) is 36.5 Å². The number of methoxy groups -OCH3 is 1. The molecule has 0 aliphatic rings. The van der Waals surface area contributed by atoms with Gasteiger partial charge in [-0.15, -0.1) is 11.8 Å². The van der Waals surface area contributed by atoms with Crippen LogP contribution in [0.25, 0.3) is 0 Å². The Labute approximate surface area is 206 Å². The van der Waals surface area contributed by atoms with Crippen molar-refractivity contribution in [2.24, 2.45) is 0 Å². The molecular formula is C26H30N2O4S2. The summed E-state index contributed by atoms with van der Waals surface area (Å²) in [5.74, 6) is 0.858. The summed E-state index contributed by atoms with van der Waals surface area (Å²) < 4.78 is 33.5. The summed E-state index contributed by atoms with van der Waals surface area (Å²) >= 11 is 1.73. The number of thioether (sulfide) groups is 1. The first kappa shape index (κ1) is 25.6. The van der Waals surface area contributed by atoms with Crippen LogP contribution in [0.1, 0.15) is 17.5 Å². The first-order valence-electron chi connectivity index (χ1n) is 11.0. The number of anilines is 1. The molecule has 0 fully saturated rings. The molecule has 34 heavy (non-hydrogen) atoms. The lowest BCUT2D eigenvalue weighted by Gasteiger charge is -2.26. The van der Waals surface area contributed by atoms with Crippen molar-refractivity contribution < 1.29 is 17.9 Å². The number of rotatable bonds is 11. The van der Waals surface area contributed by atoms with E-state index >= 15 is 0 Å². The van der Waals surface area contributed by atoms with Gasteiger partial charge in [-0.1, -0.05) is 42.0 Å². The van der Waals surface area contributed by atoms with Crippen LogP contribution in [0, 0.1) is 13.8 Å². The van der Waals surface area contributed by atoms with Gasteiger partial charge in [0.25, 0.3) is 10.0 Å². The van der Waals surface area contributed by atoms with Crippen molar-refractivity contribution in [2.75, 3.05) is 30.3 Å². The zero-order chi connectivity index (χ0) is 24.6. The normalized spacial score (nSPS) is 11.1. The molecule has 0 saturated carbocycles. The summed E-state index contributed by atoms with van der Waals surface area (Å²) in [5.41, 5.74) is 2.41. The lowest BCUT2D eigenvalue weighted by molar-refractivity contribution is -0.119. The Bertz CT molecular complexity index is 1200. The van der Waals surface area contributed by atoms with E-state index in [1.807, 2.05) is 13.0 Å². The van der Waals surface area contributed by atoms with Crippen LogP contribution in [0.15, 0.2) is 82.6 Å². The number of amides is 1. The third kappa shape index (κ3) is 6.77. The molecule has 0 unspecified atom stereocenters. The number of ether oxygens (including phenoxy) is 1. The van der Waals surface area contributed by atoms with Crippen LogP contribution in [-0.4, -0.2) is 40.3 Å². The third-order valence-corrected chi connectivity index (χ3v) is 8.03. The number of nitrogens with zero attached hydrogens (tertiary/aromatic N) is 1. The van der Waals surface area contributed by atoms with Crippen LogP contribution in [-0.2, 0) is 14.8 Å². The van der Waals surface area contributed by atoms with E-state index in [9.17, 15) is 13.2 Å². The average molecular weight is 499 g/mol. The van der Waals surface area contributed by atoms with E-state index in [0.29, 0.717) is 18.0 Å². The highest BCUT2D eigenvalue weighted by Gasteiger charge is 2.29. The Kier molecular flexibility index (Phi) is 9.01. The molecule has 1 N–H and O–H groups in total. The maximum atomic E-state index is 13.5. The van der Waals surface area contributed by atoms with Crippen molar-refractivity contribution in [3.05, 3.63) is 83.9 Å². The molecule has 0 bridgehead atoms. The zero-order valence-electron chi connectivity index (χ0n) is 19.7. The SMILES string of the molecule is COc1ccc(C)cc1N(CC(=O)NCCCSc1ccc(C)cc1)S(=O)(=O)c1ccccc1. The molecule has 1 amide bonds. The molecule has 0 aliphatic carbocycles. The van der Waals surface area contributed by atoms with Gasteiger partial charge in [-0.3, -0.25) is 9.10 Å². The Balaban J connectivity index is 1.70. The molecule has 0 aromatic heterocycles. The minimum atomic E-state index is -3.98. The summed E-state index contributed by atoms with van der Waals surface area (Å²) in [7, 11) is -2.51. The quantitative estimate of drug-likeness (QED) is 0.303. The van der Waals surface area contributed by atoms with Gasteiger partial charge < -0.3 is 10.1 Å². The Morgan fingerprint density at radius 1 is 0.971 bits per heavy atom. The van der Waals surface area contributed by atoms with Gasteiger partial charge in [-0.05, 0) is 68.0 Å². The van der Waals surface area contributed by atoms with Gasteiger partial charge in [-0.2, -0.15) is 0 Å². The van der Waals surface area contributed by atoms with Gasteiger partial charge >= 0.3 is 0 Å². The highest BCUT2D eigenvalue weighted by atomic mass is 32.2. The molecular weight excluding hydrogens is 468 g/mol. The topological polar surface area (TPSA) is 75.7 Å². The second-order valence-electron chi connectivity index (χ2n) is 7.87. The summed E-state index contributed by atoms with van der Waals surface area (Å²) in [6.45, 7) is 4.03. The predicted molar refractivity (Wildman–Crippen MR) is 138 cm³/mol. The van der Waals surface area contributed by atoms with E-state index in [1.165, 1.54) is 29.7 Å². The summed E-state index contributed by atoms with van der Waals surface area (Å²) in [5, 5.41) is 2.85. The van der Waals surface area contributed by atoms with Crippen LogP contribution < -0.4 is 14.4 Å². The molecule has 0 heterocycles. The second-order valence-corrected chi connectivity index (χ2v) is 10.9. The van der Waals surface area contributed by atoms with Crippen LogP contribution in [0.2, 0.25) is 0 Å². The first-order valence-corrected chi connectivity index (χ1v) is 13.4. The third-order valence-electron chi connectivity index (χ3n) is 5.15. The number of nitrogens with one attached hydrogen (secondary N) is 1. The Morgan fingerprint density at radius 3 is 2.32 bits per heavy atom. The molecule has 0 aliphatic heterocycles. The summed E-state index contributed by atoms with van der Waals surface area (Å²) in [6, 6.07) is 21.7. The molecule has 8 heteroatoms. The first-order chi connectivity index (χ1) is 16.3. The van der Waals surface area contributed by atoms with E-state index in [-0.39, 0.29) is 17.3 Å². The molecule has 0 radical (unpaired) electrons. The van der Waals surface area contributed by atoms with Crippen molar-refractivity contribution in [2.45, 2.75) is 30.1 Å². The average Bonchev–Trinajstić information content (AvgIpc) is 2.84. The number of benzene rings is 3. The van der Waals surface area contributed by atoms with E-state index in [0.717, 1.165) is 22.0 Å². The largest absolute Gasteiger partial charge is 0.495 e. The molecule has 180 valence electrons. The minimum absolute atomic E-state index is 0.112. The monoisotopic (exact) mass is 498 g/mol. The number of hydrogen-bond donors (Lipinski definition) is 1. The number of hydrogen-bond acceptors (Lipinski definition) is 5. The molecule has 0 saturated heterocycles. The van der Waals surface area contributed by atoms with Crippen LogP contribution in [0.5, 0.6) is 5.75 Å². The molecule has 6 nitrogen and oxygen atoms in total. The zero-order valence-corrected chi connectivity index (χ0v) is 21.3. The van der Waals surface area contributed by atoms with Crippen LogP contribution in [0.4, 0.5) is 5.69 Å². The van der Waals surface area contributed by atoms with Crippen molar-refractivity contribution in [1.29, 1.82) is 0 Å². The number of carbonyl (C=O) groups excluding carboxylic acids is 1. The standard InChI is InChI=1S/C26H30N2O4S2/c1-20-10-13-22(14-11-20)33-17-7-16-27-26(29)19-28(24-18-21(2)12-15-25(24)32-3)34(30,31)23-8-5-4-6-9-23/h4-6,8-15,18H,7,16-17,19H2,1-3H3,(H,27,29). The van der Waals surface area contributed by atoms with E-state index in [1.54, 1.807) is 42.1 Å². The highest BCUT2D eigenvalue weighted by Crippen LogP contribution is 2.33. The summed E-state index contributed by atoms with van der Waals surface area (Å²) in [4.78, 5) is 14.1. The van der Waals surface area contributed by atoms with Gasteiger partial charge in [0.1, 0.15) is 12.3 Å². The van der Waals surface area contributed by atoms with Crippen molar-refractivity contribution in [1.82, 2.24) is 5.32 Å². The smallest absolute Gasteiger partial charge is 0.264 e. The molecule has 0 atom stereocenters. The number of sulfonamides is 1. The molecule has 3 aromatic rings. The van der Waals surface area contributed by atoms with Gasteiger partial charge in [-0.25, -0.2) is 8.42 Å². The predicted octanol–water partition coefficient (Wildman–Crippen LogP) is 4.81.